The molecule has 2 amide bonds. The van der Waals surface area contributed by atoms with E-state index in [1.165, 1.54) is 0 Å². The predicted octanol–water partition coefficient (Wildman–Crippen LogP) is 1.76. The summed E-state index contributed by atoms with van der Waals surface area (Å²) in [5.74, 6) is -0.0580. The number of carbonyl (C=O) groups is 2. The molecule has 114 valence electrons. The van der Waals surface area contributed by atoms with Crippen LogP contribution in [0.1, 0.15) is 36.5 Å². The van der Waals surface area contributed by atoms with Gasteiger partial charge in [-0.3, -0.25) is 9.59 Å². The maximum Gasteiger partial charge on any atom is 0.251 e. The van der Waals surface area contributed by atoms with Crippen LogP contribution in [0.25, 0.3) is 0 Å². The van der Waals surface area contributed by atoms with E-state index in [-0.39, 0.29) is 17.2 Å². The van der Waals surface area contributed by atoms with Gasteiger partial charge in [0.15, 0.2) is 0 Å². The Hall–Kier alpha value is -1.88. The summed E-state index contributed by atoms with van der Waals surface area (Å²) in [5, 5.41) is 8.84. The highest BCUT2D eigenvalue weighted by Gasteiger charge is 2.40. The highest BCUT2D eigenvalue weighted by Crippen LogP contribution is 2.32. The summed E-state index contributed by atoms with van der Waals surface area (Å²) in [4.78, 5) is 24.1. The van der Waals surface area contributed by atoms with Crippen LogP contribution in [-0.4, -0.2) is 32.0 Å². The summed E-state index contributed by atoms with van der Waals surface area (Å²) in [5.41, 5.74) is 1.02. The third kappa shape index (κ3) is 3.42. The molecule has 1 aromatic rings. The topological polar surface area (TPSA) is 70.2 Å². The Morgan fingerprint density at radius 1 is 1.29 bits per heavy atom. The van der Waals surface area contributed by atoms with Gasteiger partial charge in [-0.1, -0.05) is 13.3 Å². The van der Waals surface area contributed by atoms with Gasteiger partial charge in [0.05, 0.1) is 5.41 Å². The van der Waals surface area contributed by atoms with Gasteiger partial charge in [0, 0.05) is 24.8 Å². The number of amides is 2. The SMILES string of the molecule is CCCC1(C(=O)Nc2ccc(C(=O)NC)cc2)CCNC1. The molecule has 1 fully saturated rings. The fraction of sp³-hybridized carbons (Fsp3) is 0.500. The Kier molecular flexibility index (Phi) is 4.96. The zero-order valence-electron chi connectivity index (χ0n) is 12.7. The first-order chi connectivity index (χ1) is 10.1. The van der Waals surface area contributed by atoms with E-state index in [0.29, 0.717) is 5.56 Å². The molecule has 5 nitrogen and oxygen atoms in total. The average molecular weight is 289 g/mol. The predicted molar refractivity (Wildman–Crippen MR) is 83.3 cm³/mol. The van der Waals surface area contributed by atoms with E-state index in [9.17, 15) is 9.59 Å². The van der Waals surface area contributed by atoms with Crippen molar-refractivity contribution in [2.45, 2.75) is 26.2 Å². The molecule has 3 N–H and O–H groups in total. The molecule has 5 heteroatoms. The number of hydrogen-bond acceptors (Lipinski definition) is 3. The summed E-state index contributed by atoms with van der Waals surface area (Å²) >= 11 is 0. The molecule has 0 bridgehead atoms. The standard InChI is InChI=1S/C16H23N3O2/c1-3-8-16(9-10-18-11-16)15(21)19-13-6-4-12(5-7-13)14(20)17-2/h4-7,18H,3,8-11H2,1-2H3,(H,17,20)(H,19,21). The third-order valence-corrected chi connectivity index (χ3v) is 4.09. The van der Waals surface area contributed by atoms with Crippen molar-refractivity contribution < 1.29 is 9.59 Å². The van der Waals surface area contributed by atoms with Crippen LogP contribution in [0.4, 0.5) is 5.69 Å². The van der Waals surface area contributed by atoms with Gasteiger partial charge >= 0.3 is 0 Å². The summed E-state index contributed by atoms with van der Waals surface area (Å²) < 4.78 is 0. The minimum Gasteiger partial charge on any atom is -0.355 e. The van der Waals surface area contributed by atoms with Crippen molar-refractivity contribution in [3.63, 3.8) is 0 Å². The first-order valence-electron chi connectivity index (χ1n) is 7.45. The first-order valence-corrected chi connectivity index (χ1v) is 7.45. The summed E-state index contributed by atoms with van der Waals surface area (Å²) in [6.07, 6.45) is 2.76. The number of nitrogens with one attached hydrogen (secondary N) is 3. The maximum absolute atomic E-state index is 12.6. The van der Waals surface area contributed by atoms with E-state index in [1.54, 1.807) is 31.3 Å². The Bertz CT molecular complexity index is 505. The van der Waals surface area contributed by atoms with Crippen molar-refractivity contribution in [3.8, 4) is 0 Å². The molecule has 0 aliphatic carbocycles. The van der Waals surface area contributed by atoms with Crippen LogP contribution >= 0.6 is 0 Å². The van der Waals surface area contributed by atoms with Crippen LogP contribution in [0.2, 0.25) is 0 Å². The van der Waals surface area contributed by atoms with Crippen LogP contribution < -0.4 is 16.0 Å². The number of rotatable bonds is 5. The van der Waals surface area contributed by atoms with E-state index in [1.807, 2.05) is 0 Å². The van der Waals surface area contributed by atoms with Crippen molar-refractivity contribution >= 4 is 17.5 Å². The van der Waals surface area contributed by atoms with Gasteiger partial charge in [-0.15, -0.1) is 0 Å². The van der Waals surface area contributed by atoms with Crippen molar-refractivity contribution in [2.75, 3.05) is 25.5 Å². The highest BCUT2D eigenvalue weighted by molar-refractivity contribution is 5.97. The zero-order chi connectivity index (χ0) is 15.3. The largest absolute Gasteiger partial charge is 0.355 e. The average Bonchev–Trinajstić information content (AvgIpc) is 2.97. The van der Waals surface area contributed by atoms with Crippen LogP contribution in [0.5, 0.6) is 0 Å². The molecule has 1 heterocycles. The van der Waals surface area contributed by atoms with Gasteiger partial charge in [-0.2, -0.15) is 0 Å². The van der Waals surface area contributed by atoms with Crippen molar-refractivity contribution in [1.29, 1.82) is 0 Å². The summed E-state index contributed by atoms with van der Waals surface area (Å²) in [7, 11) is 1.60. The fourth-order valence-electron chi connectivity index (χ4n) is 2.86. The molecule has 1 atom stereocenters. The molecule has 1 unspecified atom stereocenters. The number of hydrogen-bond donors (Lipinski definition) is 3. The number of anilines is 1. The molecular formula is C16H23N3O2. The normalized spacial score (nSPS) is 21.0. The number of carbonyl (C=O) groups excluding carboxylic acids is 2. The lowest BCUT2D eigenvalue weighted by atomic mass is 9.81. The number of benzene rings is 1. The molecule has 0 radical (unpaired) electrons. The van der Waals surface area contributed by atoms with E-state index in [4.69, 9.17) is 0 Å². The molecule has 0 aromatic heterocycles. The van der Waals surface area contributed by atoms with Gasteiger partial charge < -0.3 is 16.0 Å². The van der Waals surface area contributed by atoms with Crippen LogP contribution in [0.3, 0.4) is 0 Å². The van der Waals surface area contributed by atoms with E-state index < -0.39 is 0 Å². The van der Waals surface area contributed by atoms with Gasteiger partial charge in [0.25, 0.3) is 5.91 Å². The molecular weight excluding hydrogens is 266 g/mol. The highest BCUT2D eigenvalue weighted by atomic mass is 16.2. The van der Waals surface area contributed by atoms with E-state index in [2.05, 4.69) is 22.9 Å². The fourth-order valence-corrected chi connectivity index (χ4v) is 2.86. The van der Waals surface area contributed by atoms with E-state index >= 15 is 0 Å². The smallest absolute Gasteiger partial charge is 0.251 e. The molecule has 1 aliphatic rings. The van der Waals surface area contributed by atoms with Gasteiger partial charge in [0.1, 0.15) is 0 Å². The van der Waals surface area contributed by atoms with Crippen LogP contribution in [-0.2, 0) is 4.79 Å². The summed E-state index contributed by atoms with van der Waals surface area (Å²) in [6, 6.07) is 6.97. The van der Waals surface area contributed by atoms with E-state index in [0.717, 1.165) is 38.0 Å². The molecule has 1 saturated heterocycles. The lowest BCUT2D eigenvalue weighted by Crippen LogP contribution is -2.38. The first kappa shape index (κ1) is 15.5. The summed E-state index contributed by atoms with van der Waals surface area (Å²) in [6.45, 7) is 3.73. The zero-order valence-corrected chi connectivity index (χ0v) is 12.7. The molecule has 0 saturated carbocycles. The van der Waals surface area contributed by atoms with Gasteiger partial charge in [-0.05, 0) is 43.7 Å². The van der Waals surface area contributed by atoms with Gasteiger partial charge in [0.2, 0.25) is 5.91 Å². The monoisotopic (exact) mass is 289 g/mol. The molecule has 0 spiro atoms. The van der Waals surface area contributed by atoms with Crippen LogP contribution in [0, 0.1) is 5.41 Å². The lowest BCUT2D eigenvalue weighted by molar-refractivity contribution is -0.125. The molecule has 1 aromatic carbocycles. The molecule has 2 rings (SSSR count). The lowest BCUT2D eigenvalue weighted by Gasteiger charge is -2.26. The Morgan fingerprint density at radius 3 is 2.52 bits per heavy atom. The second-order valence-electron chi connectivity index (χ2n) is 5.57. The maximum atomic E-state index is 12.6. The second kappa shape index (κ2) is 6.72. The minimum absolute atomic E-state index is 0.0713. The quantitative estimate of drug-likeness (QED) is 0.773. The third-order valence-electron chi connectivity index (χ3n) is 4.09. The Morgan fingerprint density at radius 2 is 2.00 bits per heavy atom. The van der Waals surface area contributed by atoms with Gasteiger partial charge in [-0.25, -0.2) is 0 Å². The molecule has 1 aliphatic heterocycles. The Balaban J connectivity index is 2.06. The van der Waals surface area contributed by atoms with Crippen LogP contribution in [0.15, 0.2) is 24.3 Å². The molecule has 21 heavy (non-hydrogen) atoms. The van der Waals surface area contributed by atoms with Crippen molar-refractivity contribution in [1.82, 2.24) is 10.6 Å². The van der Waals surface area contributed by atoms with Crippen molar-refractivity contribution in [2.24, 2.45) is 5.41 Å². The minimum atomic E-state index is -0.297. The van der Waals surface area contributed by atoms with Crippen molar-refractivity contribution in [3.05, 3.63) is 29.8 Å². The second-order valence-corrected chi connectivity index (χ2v) is 5.57. The Labute approximate surface area is 125 Å².